The number of hydrogen-bond donors (Lipinski definition) is 0. The number of anilines is 1. The van der Waals surface area contributed by atoms with Crippen LogP contribution in [0.3, 0.4) is 0 Å². The second-order valence-corrected chi connectivity index (χ2v) is 8.15. The SMILES string of the molecule is CCCCOC(=O)CC1=CN2C(=C(C(=O)OC)[C@@H](C(=O)OC)N2c2ccccc2)c2ccccc21. The van der Waals surface area contributed by atoms with Gasteiger partial charge in [0.05, 0.1) is 44.2 Å². The fraction of sp³-hybridized carbons (Fsp3) is 0.296. The molecule has 182 valence electrons. The number of nitrogens with zero attached hydrogens (tertiary/aromatic N) is 2. The summed E-state index contributed by atoms with van der Waals surface area (Å²) in [4.78, 5) is 38.7. The maximum absolute atomic E-state index is 13.1. The predicted molar refractivity (Wildman–Crippen MR) is 130 cm³/mol. The van der Waals surface area contributed by atoms with Crippen molar-refractivity contribution in [2.45, 2.75) is 32.2 Å². The molecule has 0 saturated carbocycles. The number of methoxy groups -OCH3 is 2. The van der Waals surface area contributed by atoms with Gasteiger partial charge in [0.2, 0.25) is 0 Å². The number of fused-ring (bicyclic) bond motifs is 3. The molecule has 2 aliphatic heterocycles. The van der Waals surface area contributed by atoms with Gasteiger partial charge in [0.1, 0.15) is 0 Å². The lowest BCUT2D eigenvalue weighted by Gasteiger charge is -2.37. The number of benzene rings is 2. The highest BCUT2D eigenvalue weighted by molar-refractivity contribution is 6.10. The molecule has 0 unspecified atom stereocenters. The third kappa shape index (κ3) is 4.51. The number of carbonyl (C=O) groups is 3. The van der Waals surface area contributed by atoms with E-state index in [9.17, 15) is 14.4 Å². The highest BCUT2D eigenvalue weighted by Crippen LogP contribution is 2.46. The predicted octanol–water partition coefficient (Wildman–Crippen LogP) is 3.94. The fourth-order valence-corrected chi connectivity index (χ4v) is 4.37. The molecular formula is C27H28N2O6. The van der Waals surface area contributed by atoms with Gasteiger partial charge in [-0.2, -0.15) is 0 Å². The largest absolute Gasteiger partial charge is 0.467 e. The summed E-state index contributed by atoms with van der Waals surface area (Å²) in [6, 6.07) is 15.6. The van der Waals surface area contributed by atoms with E-state index in [1.807, 2.05) is 61.5 Å². The van der Waals surface area contributed by atoms with Crippen LogP contribution in [-0.2, 0) is 28.6 Å². The molecule has 0 spiro atoms. The monoisotopic (exact) mass is 476 g/mol. The quantitative estimate of drug-likeness (QED) is 0.322. The van der Waals surface area contributed by atoms with Gasteiger partial charge in [-0.3, -0.25) is 14.8 Å². The number of hydrogen-bond acceptors (Lipinski definition) is 8. The molecule has 0 fully saturated rings. The van der Waals surface area contributed by atoms with E-state index in [0.29, 0.717) is 29.1 Å². The molecule has 4 rings (SSSR count). The Kier molecular flexibility index (Phi) is 7.19. The van der Waals surface area contributed by atoms with Crippen LogP contribution >= 0.6 is 0 Å². The molecule has 2 aromatic carbocycles. The first-order valence-electron chi connectivity index (χ1n) is 11.5. The van der Waals surface area contributed by atoms with Gasteiger partial charge < -0.3 is 14.2 Å². The maximum Gasteiger partial charge on any atom is 0.338 e. The van der Waals surface area contributed by atoms with Crippen LogP contribution in [0.1, 0.15) is 37.3 Å². The molecule has 8 heteroatoms. The van der Waals surface area contributed by atoms with Crippen LogP contribution in [0.4, 0.5) is 5.69 Å². The zero-order valence-electron chi connectivity index (χ0n) is 20.0. The molecule has 2 aliphatic rings. The Bertz CT molecular complexity index is 1190. The molecule has 2 heterocycles. The molecule has 0 aromatic heterocycles. The summed E-state index contributed by atoms with van der Waals surface area (Å²) in [6.45, 7) is 2.40. The number of unbranched alkanes of at least 4 members (excludes halogenated alkanes) is 1. The minimum absolute atomic E-state index is 0.0452. The lowest BCUT2D eigenvalue weighted by atomic mass is 9.91. The molecule has 35 heavy (non-hydrogen) atoms. The van der Waals surface area contributed by atoms with Crippen molar-refractivity contribution >= 4 is 34.9 Å². The topological polar surface area (TPSA) is 85.4 Å². The van der Waals surface area contributed by atoms with Crippen molar-refractivity contribution in [1.29, 1.82) is 0 Å². The lowest BCUT2D eigenvalue weighted by Crippen LogP contribution is -2.46. The molecular weight excluding hydrogens is 448 g/mol. The molecule has 0 N–H and O–H groups in total. The number of esters is 3. The second-order valence-electron chi connectivity index (χ2n) is 8.15. The number of hydrazine groups is 1. The number of carbonyl (C=O) groups excluding carboxylic acids is 3. The van der Waals surface area contributed by atoms with Crippen molar-refractivity contribution in [3.63, 3.8) is 0 Å². The highest BCUT2D eigenvalue weighted by Gasteiger charge is 2.49. The summed E-state index contributed by atoms with van der Waals surface area (Å²) in [5, 5.41) is 3.42. The van der Waals surface area contributed by atoms with E-state index in [0.717, 1.165) is 18.4 Å². The molecule has 0 amide bonds. The van der Waals surface area contributed by atoms with Gasteiger partial charge in [-0.25, -0.2) is 9.59 Å². The molecule has 1 atom stereocenters. The van der Waals surface area contributed by atoms with E-state index in [1.54, 1.807) is 16.2 Å². The van der Waals surface area contributed by atoms with E-state index >= 15 is 0 Å². The minimum Gasteiger partial charge on any atom is -0.467 e. The van der Waals surface area contributed by atoms with Crippen LogP contribution < -0.4 is 5.01 Å². The third-order valence-corrected chi connectivity index (χ3v) is 5.99. The normalized spacial score (nSPS) is 16.3. The molecule has 2 aromatic rings. The van der Waals surface area contributed by atoms with Gasteiger partial charge in [-0.05, 0) is 29.7 Å². The van der Waals surface area contributed by atoms with Crippen LogP contribution in [0.5, 0.6) is 0 Å². The van der Waals surface area contributed by atoms with Gasteiger partial charge in [0, 0.05) is 11.8 Å². The summed E-state index contributed by atoms with van der Waals surface area (Å²) in [5.74, 6) is -1.58. The first-order chi connectivity index (χ1) is 17.0. The van der Waals surface area contributed by atoms with Crippen LogP contribution in [0, 0.1) is 0 Å². The third-order valence-electron chi connectivity index (χ3n) is 5.99. The number of para-hydroxylation sites is 1. The van der Waals surface area contributed by atoms with E-state index in [2.05, 4.69) is 0 Å². The second kappa shape index (κ2) is 10.5. The van der Waals surface area contributed by atoms with E-state index in [1.165, 1.54) is 14.2 Å². The van der Waals surface area contributed by atoms with E-state index < -0.39 is 18.0 Å². The first-order valence-corrected chi connectivity index (χ1v) is 11.5. The van der Waals surface area contributed by atoms with E-state index in [-0.39, 0.29) is 18.0 Å². The maximum atomic E-state index is 13.1. The molecule has 0 saturated heterocycles. The van der Waals surface area contributed by atoms with Gasteiger partial charge >= 0.3 is 17.9 Å². The van der Waals surface area contributed by atoms with Gasteiger partial charge in [0.15, 0.2) is 6.04 Å². The lowest BCUT2D eigenvalue weighted by molar-refractivity contribution is -0.144. The first kappa shape index (κ1) is 24.1. The summed E-state index contributed by atoms with van der Waals surface area (Å²) < 4.78 is 15.6. The Labute approximate surface area is 204 Å². The zero-order chi connectivity index (χ0) is 24.9. The van der Waals surface area contributed by atoms with Crippen molar-refractivity contribution < 1.29 is 28.6 Å². The molecule has 8 nitrogen and oxygen atoms in total. The van der Waals surface area contributed by atoms with Crippen molar-refractivity contribution in [2.24, 2.45) is 0 Å². The van der Waals surface area contributed by atoms with Crippen LogP contribution in [-0.4, -0.2) is 49.8 Å². The van der Waals surface area contributed by atoms with Crippen LogP contribution in [0.15, 0.2) is 66.4 Å². The number of ether oxygens (including phenoxy) is 3. The van der Waals surface area contributed by atoms with Crippen LogP contribution in [0.25, 0.3) is 11.3 Å². The van der Waals surface area contributed by atoms with Crippen molar-refractivity contribution in [2.75, 3.05) is 25.8 Å². The summed E-state index contributed by atoms with van der Waals surface area (Å²) in [6.07, 6.45) is 3.55. The van der Waals surface area contributed by atoms with Gasteiger partial charge in [0.25, 0.3) is 0 Å². The fourth-order valence-electron chi connectivity index (χ4n) is 4.37. The Morgan fingerprint density at radius 3 is 2.26 bits per heavy atom. The van der Waals surface area contributed by atoms with E-state index in [4.69, 9.17) is 14.2 Å². The highest BCUT2D eigenvalue weighted by atomic mass is 16.5. The standard InChI is InChI=1S/C27H28N2O6/c1-4-5-15-35-22(30)16-18-17-28-24(21-14-10-9-13-20(18)21)23(26(31)33-2)25(27(32)34-3)29(28)19-11-7-6-8-12-19/h6-14,17,25H,4-5,15-16H2,1-3H3/t25-/m0/s1. The van der Waals surface area contributed by atoms with Crippen molar-refractivity contribution in [3.05, 3.63) is 77.5 Å². The zero-order valence-corrected chi connectivity index (χ0v) is 20.0. The van der Waals surface area contributed by atoms with Gasteiger partial charge in [-0.15, -0.1) is 0 Å². The Balaban J connectivity index is 1.89. The minimum atomic E-state index is -1.08. The van der Waals surface area contributed by atoms with Crippen LogP contribution in [0.2, 0.25) is 0 Å². The van der Waals surface area contributed by atoms with Crippen molar-refractivity contribution in [1.82, 2.24) is 5.01 Å². The van der Waals surface area contributed by atoms with Crippen molar-refractivity contribution in [3.8, 4) is 0 Å². The Morgan fingerprint density at radius 2 is 1.60 bits per heavy atom. The molecule has 0 bridgehead atoms. The summed E-state index contributed by atoms with van der Waals surface area (Å²) >= 11 is 0. The Hall–Kier alpha value is -4.07. The number of rotatable bonds is 8. The average molecular weight is 477 g/mol. The summed E-state index contributed by atoms with van der Waals surface area (Å²) in [7, 11) is 2.56. The summed E-state index contributed by atoms with van der Waals surface area (Å²) in [5.41, 5.74) is 3.54. The smallest absolute Gasteiger partial charge is 0.338 e. The Morgan fingerprint density at radius 1 is 0.914 bits per heavy atom. The van der Waals surface area contributed by atoms with Gasteiger partial charge in [-0.1, -0.05) is 55.8 Å². The average Bonchev–Trinajstić information content (AvgIpc) is 3.23. The molecule has 0 aliphatic carbocycles. The molecule has 0 radical (unpaired) electrons.